The summed E-state index contributed by atoms with van der Waals surface area (Å²) in [5, 5.41) is 4.56. The molecule has 0 fully saturated rings. The lowest BCUT2D eigenvalue weighted by atomic mass is 10.1. The fourth-order valence-corrected chi connectivity index (χ4v) is 2.49. The van der Waals surface area contributed by atoms with Crippen LogP contribution in [-0.4, -0.2) is 34.9 Å². The molecule has 0 saturated heterocycles. The van der Waals surface area contributed by atoms with E-state index in [4.69, 9.17) is 4.74 Å². The van der Waals surface area contributed by atoms with Gasteiger partial charge in [-0.1, -0.05) is 6.08 Å². The van der Waals surface area contributed by atoms with Gasteiger partial charge in [0, 0.05) is 20.1 Å². The first-order valence-corrected chi connectivity index (χ1v) is 6.18. The fraction of sp³-hybridized carbons (Fsp3) is 0.615. The van der Waals surface area contributed by atoms with Crippen molar-refractivity contribution in [3.8, 4) is 5.88 Å². The Morgan fingerprint density at radius 1 is 1.47 bits per heavy atom. The van der Waals surface area contributed by atoms with Crippen molar-refractivity contribution in [3.63, 3.8) is 0 Å². The van der Waals surface area contributed by atoms with Crippen molar-refractivity contribution in [3.05, 3.63) is 23.9 Å². The van der Waals surface area contributed by atoms with E-state index in [1.165, 1.54) is 24.1 Å². The number of fused-ring (bicyclic) bond motifs is 1. The van der Waals surface area contributed by atoms with E-state index < -0.39 is 0 Å². The van der Waals surface area contributed by atoms with Crippen molar-refractivity contribution >= 4 is 0 Å². The molecular weight excluding hydrogens is 214 g/mol. The van der Waals surface area contributed by atoms with Crippen LogP contribution in [0.2, 0.25) is 0 Å². The molecular formula is C13H21N3O. The molecule has 1 aliphatic rings. The maximum absolute atomic E-state index is 5.45. The minimum atomic E-state index is 0.899. The summed E-state index contributed by atoms with van der Waals surface area (Å²) in [6.45, 7) is 6.79. The molecule has 2 heterocycles. The summed E-state index contributed by atoms with van der Waals surface area (Å²) in [6.07, 6.45) is 5.45. The molecule has 2 rings (SSSR count). The highest BCUT2D eigenvalue weighted by atomic mass is 16.5. The van der Waals surface area contributed by atoms with Crippen molar-refractivity contribution in [1.82, 2.24) is 14.7 Å². The third-order valence-electron chi connectivity index (χ3n) is 3.27. The number of ether oxygens (including phenoxy) is 1. The van der Waals surface area contributed by atoms with Gasteiger partial charge >= 0.3 is 0 Å². The van der Waals surface area contributed by atoms with Gasteiger partial charge in [-0.25, -0.2) is 4.68 Å². The molecule has 94 valence electrons. The first-order valence-electron chi connectivity index (χ1n) is 6.18. The van der Waals surface area contributed by atoms with Gasteiger partial charge < -0.3 is 4.74 Å². The Morgan fingerprint density at radius 3 is 3.00 bits per heavy atom. The van der Waals surface area contributed by atoms with Gasteiger partial charge in [-0.15, -0.1) is 6.58 Å². The number of aromatic nitrogens is 2. The smallest absolute Gasteiger partial charge is 0.216 e. The topological polar surface area (TPSA) is 30.3 Å². The largest absolute Gasteiger partial charge is 0.481 e. The molecule has 0 N–H and O–H groups in total. The van der Waals surface area contributed by atoms with Gasteiger partial charge in [0.25, 0.3) is 0 Å². The summed E-state index contributed by atoms with van der Waals surface area (Å²) in [6, 6.07) is 0. The van der Waals surface area contributed by atoms with Crippen LogP contribution in [0, 0.1) is 0 Å². The molecule has 0 amide bonds. The first-order chi connectivity index (χ1) is 8.26. The predicted molar refractivity (Wildman–Crippen MR) is 68.2 cm³/mol. The molecule has 0 saturated carbocycles. The molecule has 0 unspecified atom stereocenters. The molecule has 0 atom stereocenters. The third kappa shape index (κ3) is 2.52. The summed E-state index contributed by atoms with van der Waals surface area (Å²) in [5.74, 6) is 0.899. The van der Waals surface area contributed by atoms with Gasteiger partial charge in [0.15, 0.2) is 0 Å². The Balaban J connectivity index is 2.30. The van der Waals surface area contributed by atoms with E-state index in [0.717, 1.165) is 31.9 Å². The Morgan fingerprint density at radius 2 is 2.29 bits per heavy atom. The first kappa shape index (κ1) is 12.2. The molecule has 0 spiro atoms. The molecule has 4 heteroatoms. The summed E-state index contributed by atoms with van der Waals surface area (Å²) in [5.41, 5.74) is 2.44. The minimum Gasteiger partial charge on any atom is -0.481 e. The van der Waals surface area contributed by atoms with Gasteiger partial charge in [-0.3, -0.25) is 4.90 Å². The highest BCUT2D eigenvalue weighted by Gasteiger charge is 2.20. The number of hydrogen-bond donors (Lipinski definition) is 0. The zero-order valence-corrected chi connectivity index (χ0v) is 10.8. The van der Waals surface area contributed by atoms with Crippen LogP contribution in [-0.2, 0) is 20.0 Å². The van der Waals surface area contributed by atoms with Crippen LogP contribution in [0.25, 0.3) is 0 Å². The lowest BCUT2D eigenvalue weighted by Gasteiger charge is -2.23. The van der Waals surface area contributed by atoms with Crippen LogP contribution < -0.4 is 4.74 Å². The van der Waals surface area contributed by atoms with Crippen LogP contribution in [0.4, 0.5) is 0 Å². The van der Waals surface area contributed by atoms with Crippen molar-refractivity contribution in [2.24, 2.45) is 7.05 Å². The van der Waals surface area contributed by atoms with Crippen molar-refractivity contribution in [2.75, 3.05) is 20.2 Å². The molecule has 1 aliphatic heterocycles. The van der Waals surface area contributed by atoms with Crippen molar-refractivity contribution in [2.45, 2.75) is 25.8 Å². The summed E-state index contributed by atoms with van der Waals surface area (Å²) >= 11 is 0. The fourth-order valence-electron chi connectivity index (χ4n) is 2.49. The van der Waals surface area contributed by atoms with E-state index in [1.54, 1.807) is 7.11 Å². The predicted octanol–water partition coefficient (Wildman–Crippen LogP) is 1.75. The summed E-state index contributed by atoms with van der Waals surface area (Å²) in [4.78, 5) is 2.40. The zero-order valence-electron chi connectivity index (χ0n) is 10.8. The van der Waals surface area contributed by atoms with Gasteiger partial charge in [0.2, 0.25) is 5.88 Å². The van der Waals surface area contributed by atoms with E-state index in [-0.39, 0.29) is 0 Å². The van der Waals surface area contributed by atoms with E-state index >= 15 is 0 Å². The lowest BCUT2D eigenvalue weighted by Crippen LogP contribution is -2.26. The van der Waals surface area contributed by atoms with E-state index in [1.807, 2.05) is 17.8 Å². The average molecular weight is 235 g/mol. The molecule has 1 aromatic rings. The van der Waals surface area contributed by atoms with Crippen LogP contribution in [0.15, 0.2) is 12.7 Å². The summed E-state index contributed by atoms with van der Waals surface area (Å²) < 4.78 is 7.30. The number of aryl methyl sites for hydroxylation is 2. The maximum atomic E-state index is 5.45. The van der Waals surface area contributed by atoms with Crippen molar-refractivity contribution < 1.29 is 4.74 Å². The van der Waals surface area contributed by atoms with E-state index in [9.17, 15) is 0 Å². The SMILES string of the molecule is C=CCN1CCCCc2nn(C)c(OC)c2C1. The Labute approximate surface area is 103 Å². The molecule has 0 aromatic carbocycles. The second-order valence-corrected chi connectivity index (χ2v) is 4.54. The van der Waals surface area contributed by atoms with Gasteiger partial charge in [0.1, 0.15) is 0 Å². The highest BCUT2D eigenvalue weighted by Crippen LogP contribution is 2.26. The summed E-state index contributed by atoms with van der Waals surface area (Å²) in [7, 11) is 3.66. The maximum Gasteiger partial charge on any atom is 0.216 e. The van der Waals surface area contributed by atoms with Crippen LogP contribution >= 0.6 is 0 Å². The molecule has 0 radical (unpaired) electrons. The lowest BCUT2D eigenvalue weighted by molar-refractivity contribution is 0.274. The van der Waals surface area contributed by atoms with Crippen molar-refractivity contribution in [1.29, 1.82) is 0 Å². The number of methoxy groups -OCH3 is 1. The van der Waals surface area contributed by atoms with Gasteiger partial charge in [0.05, 0.1) is 18.4 Å². The molecule has 0 bridgehead atoms. The Kier molecular flexibility index (Phi) is 3.84. The van der Waals surface area contributed by atoms with E-state index in [2.05, 4.69) is 16.6 Å². The van der Waals surface area contributed by atoms with Gasteiger partial charge in [-0.05, 0) is 25.8 Å². The number of rotatable bonds is 3. The molecule has 4 nitrogen and oxygen atoms in total. The van der Waals surface area contributed by atoms with Crippen LogP contribution in [0.5, 0.6) is 5.88 Å². The molecule has 0 aliphatic carbocycles. The minimum absolute atomic E-state index is 0.899. The second-order valence-electron chi connectivity index (χ2n) is 4.54. The number of nitrogens with zero attached hydrogens (tertiary/aromatic N) is 3. The Bertz CT molecular complexity index is 398. The standard InChI is InChI=1S/C13H21N3O/c1-4-8-16-9-6-5-7-12-11(10-16)13(17-3)15(2)14-12/h4H,1,5-10H2,2-3H3. The van der Waals surface area contributed by atoms with Gasteiger partial charge in [-0.2, -0.15) is 5.10 Å². The average Bonchev–Trinajstić information content (AvgIpc) is 2.57. The normalized spacial score (nSPS) is 17.1. The highest BCUT2D eigenvalue weighted by molar-refractivity contribution is 5.32. The number of hydrogen-bond acceptors (Lipinski definition) is 3. The Hall–Kier alpha value is -1.29. The second kappa shape index (κ2) is 5.36. The quantitative estimate of drug-likeness (QED) is 0.748. The molecule has 1 aromatic heterocycles. The zero-order chi connectivity index (χ0) is 12.3. The van der Waals surface area contributed by atoms with Crippen LogP contribution in [0.1, 0.15) is 24.1 Å². The van der Waals surface area contributed by atoms with Crippen LogP contribution in [0.3, 0.4) is 0 Å². The van der Waals surface area contributed by atoms with E-state index in [0.29, 0.717) is 0 Å². The monoisotopic (exact) mass is 235 g/mol. The third-order valence-corrected chi connectivity index (χ3v) is 3.27. The molecule has 17 heavy (non-hydrogen) atoms.